The van der Waals surface area contributed by atoms with E-state index < -0.39 is 6.10 Å². The van der Waals surface area contributed by atoms with Gasteiger partial charge in [-0.1, -0.05) is 44.2 Å². The number of Topliss-reactive ketones (excluding diaryl/α,β-unsaturated/α-hetero) is 1. The molecule has 0 aromatic heterocycles. The van der Waals surface area contributed by atoms with Gasteiger partial charge in [-0.3, -0.25) is 4.79 Å². The molecule has 0 heterocycles. The highest BCUT2D eigenvalue weighted by Gasteiger charge is 2.21. The van der Waals surface area contributed by atoms with Crippen molar-refractivity contribution in [2.24, 2.45) is 5.92 Å². The van der Waals surface area contributed by atoms with E-state index in [2.05, 4.69) is 4.79 Å². The summed E-state index contributed by atoms with van der Waals surface area (Å²) in [5.74, 6) is 0.0314. The molecule has 1 aromatic rings. The van der Waals surface area contributed by atoms with Gasteiger partial charge in [0.2, 0.25) is 0 Å². The summed E-state index contributed by atoms with van der Waals surface area (Å²) in [5.41, 5.74) is 9.41. The maximum Gasteiger partial charge on any atom is 0.325 e. The van der Waals surface area contributed by atoms with Crippen molar-refractivity contribution in [1.82, 2.24) is 0 Å². The molecular weight excluding hydrogens is 228 g/mol. The molecule has 1 aromatic carbocycles. The quantitative estimate of drug-likeness (QED) is 0.421. The Morgan fingerprint density at radius 2 is 2.06 bits per heavy atom. The first-order valence-electron chi connectivity index (χ1n) is 6.00. The summed E-state index contributed by atoms with van der Waals surface area (Å²) in [6.07, 6.45) is 0.955. The van der Waals surface area contributed by atoms with E-state index in [1.807, 2.05) is 44.2 Å². The van der Waals surface area contributed by atoms with Gasteiger partial charge in [-0.25, -0.2) is 0 Å². The highest BCUT2D eigenvalue weighted by Crippen LogP contribution is 2.11. The lowest BCUT2D eigenvalue weighted by Crippen LogP contribution is -2.27. The fourth-order valence-electron chi connectivity index (χ4n) is 1.61. The first-order valence-corrected chi connectivity index (χ1v) is 6.00. The molecule has 0 saturated heterocycles. The Morgan fingerprint density at radius 1 is 1.39 bits per heavy atom. The van der Waals surface area contributed by atoms with Gasteiger partial charge in [-0.05, 0) is 17.9 Å². The van der Waals surface area contributed by atoms with Gasteiger partial charge in [-0.15, -0.1) is 0 Å². The van der Waals surface area contributed by atoms with Crippen LogP contribution in [-0.4, -0.2) is 22.9 Å². The van der Waals surface area contributed by atoms with Crippen LogP contribution in [0, 0.1) is 5.92 Å². The highest BCUT2D eigenvalue weighted by atomic mass is 16.5. The molecule has 96 valence electrons. The third-order valence-electron chi connectivity index (χ3n) is 2.48. The van der Waals surface area contributed by atoms with Crippen molar-refractivity contribution < 1.29 is 14.3 Å². The summed E-state index contributed by atoms with van der Waals surface area (Å²) in [7, 11) is 0. The minimum absolute atomic E-state index is 0.304. The van der Waals surface area contributed by atoms with Crippen molar-refractivity contribution in [3.05, 3.63) is 41.4 Å². The van der Waals surface area contributed by atoms with Crippen LogP contribution >= 0.6 is 0 Å². The molecular formula is C14H18N2O2. The molecule has 1 rings (SSSR count). The SMILES string of the molecule is CC(C)C[C@H](OCc1ccccc1)C(=O)C=[N+]=[N-]. The van der Waals surface area contributed by atoms with E-state index in [0.29, 0.717) is 18.9 Å². The zero-order valence-corrected chi connectivity index (χ0v) is 10.7. The van der Waals surface area contributed by atoms with Crippen molar-refractivity contribution in [2.75, 3.05) is 0 Å². The largest absolute Gasteiger partial charge is 0.365 e. The molecule has 0 unspecified atom stereocenters. The van der Waals surface area contributed by atoms with Crippen LogP contribution in [0.3, 0.4) is 0 Å². The predicted molar refractivity (Wildman–Crippen MR) is 69.2 cm³/mol. The van der Waals surface area contributed by atoms with Crippen LogP contribution in [0.25, 0.3) is 5.53 Å². The van der Waals surface area contributed by atoms with Crippen LogP contribution in [0.2, 0.25) is 0 Å². The van der Waals surface area contributed by atoms with Crippen LogP contribution in [0.1, 0.15) is 25.8 Å². The van der Waals surface area contributed by atoms with Gasteiger partial charge in [0.25, 0.3) is 5.78 Å². The Morgan fingerprint density at radius 3 is 2.61 bits per heavy atom. The Hall–Kier alpha value is -1.77. The highest BCUT2D eigenvalue weighted by molar-refractivity contribution is 6.27. The minimum atomic E-state index is -0.555. The fraction of sp³-hybridized carbons (Fsp3) is 0.429. The number of ketones is 1. The molecule has 18 heavy (non-hydrogen) atoms. The van der Waals surface area contributed by atoms with Gasteiger partial charge < -0.3 is 10.3 Å². The second-order valence-corrected chi connectivity index (χ2v) is 4.56. The Labute approximate surface area is 107 Å². The second-order valence-electron chi connectivity index (χ2n) is 4.56. The maximum atomic E-state index is 11.7. The molecule has 0 aliphatic rings. The molecule has 0 bridgehead atoms. The molecule has 0 saturated carbocycles. The Kier molecular flexibility index (Phi) is 5.98. The van der Waals surface area contributed by atoms with E-state index in [9.17, 15) is 4.79 Å². The normalized spacial score (nSPS) is 11.9. The van der Waals surface area contributed by atoms with Crippen LogP contribution in [0.4, 0.5) is 0 Å². The zero-order chi connectivity index (χ0) is 13.4. The van der Waals surface area contributed by atoms with Gasteiger partial charge in [0.05, 0.1) is 6.61 Å². The second kappa shape index (κ2) is 7.54. The van der Waals surface area contributed by atoms with E-state index in [1.165, 1.54) is 0 Å². The molecule has 0 spiro atoms. The van der Waals surface area contributed by atoms with E-state index >= 15 is 0 Å². The van der Waals surface area contributed by atoms with Crippen molar-refractivity contribution in [3.8, 4) is 0 Å². The van der Waals surface area contributed by atoms with Crippen LogP contribution in [-0.2, 0) is 16.1 Å². The topological polar surface area (TPSA) is 62.7 Å². The van der Waals surface area contributed by atoms with Gasteiger partial charge >= 0.3 is 6.21 Å². The van der Waals surface area contributed by atoms with E-state index in [0.717, 1.165) is 11.8 Å². The van der Waals surface area contributed by atoms with Crippen molar-refractivity contribution in [1.29, 1.82) is 0 Å². The van der Waals surface area contributed by atoms with Crippen molar-refractivity contribution in [2.45, 2.75) is 33.0 Å². The average Bonchev–Trinajstić information content (AvgIpc) is 2.35. The number of carbonyl (C=O) groups excluding carboxylic acids is 1. The first-order chi connectivity index (χ1) is 8.63. The third-order valence-corrected chi connectivity index (χ3v) is 2.48. The van der Waals surface area contributed by atoms with E-state index in [4.69, 9.17) is 10.3 Å². The maximum absolute atomic E-state index is 11.7. The molecule has 4 heteroatoms. The summed E-state index contributed by atoms with van der Waals surface area (Å²) < 4.78 is 5.60. The predicted octanol–water partition coefficient (Wildman–Crippen LogP) is 2.49. The van der Waals surface area contributed by atoms with Crippen LogP contribution in [0.15, 0.2) is 30.3 Å². The van der Waals surface area contributed by atoms with E-state index in [-0.39, 0.29) is 5.78 Å². The number of carbonyl (C=O) groups is 1. The number of hydrogen-bond donors (Lipinski definition) is 0. The average molecular weight is 246 g/mol. The summed E-state index contributed by atoms with van der Waals surface area (Å²) >= 11 is 0. The monoisotopic (exact) mass is 246 g/mol. The lowest BCUT2D eigenvalue weighted by Gasteiger charge is -2.15. The number of benzene rings is 1. The fourth-order valence-corrected chi connectivity index (χ4v) is 1.61. The van der Waals surface area contributed by atoms with Gasteiger partial charge in [0.1, 0.15) is 6.10 Å². The summed E-state index contributed by atoms with van der Waals surface area (Å²) in [6, 6.07) is 9.66. The molecule has 4 nitrogen and oxygen atoms in total. The molecule has 0 fully saturated rings. The lowest BCUT2D eigenvalue weighted by atomic mass is 10.0. The number of hydrogen-bond acceptors (Lipinski definition) is 2. The van der Waals surface area contributed by atoms with E-state index in [1.54, 1.807) is 0 Å². The summed E-state index contributed by atoms with van der Waals surface area (Å²) in [6.45, 7) is 4.41. The van der Waals surface area contributed by atoms with Gasteiger partial charge in [-0.2, -0.15) is 4.79 Å². The zero-order valence-electron chi connectivity index (χ0n) is 10.7. The third kappa shape index (κ3) is 5.04. The molecule has 0 amide bonds. The van der Waals surface area contributed by atoms with Crippen LogP contribution in [0.5, 0.6) is 0 Å². The van der Waals surface area contributed by atoms with Gasteiger partial charge in [0, 0.05) is 0 Å². The smallest absolute Gasteiger partial charge is 0.325 e. The number of rotatable bonds is 7. The van der Waals surface area contributed by atoms with Crippen molar-refractivity contribution in [3.63, 3.8) is 0 Å². The van der Waals surface area contributed by atoms with Crippen molar-refractivity contribution >= 4 is 12.0 Å². The molecule has 0 aliphatic heterocycles. The lowest BCUT2D eigenvalue weighted by molar-refractivity contribution is -0.128. The van der Waals surface area contributed by atoms with Gasteiger partial charge in [0.15, 0.2) is 0 Å². The molecule has 0 aliphatic carbocycles. The summed E-state index contributed by atoms with van der Waals surface area (Å²) in [5, 5.41) is 0. The Balaban J connectivity index is 2.61. The number of nitrogens with zero attached hydrogens (tertiary/aromatic N) is 2. The molecule has 1 atom stereocenters. The minimum Gasteiger partial charge on any atom is -0.365 e. The van der Waals surface area contributed by atoms with Crippen LogP contribution < -0.4 is 0 Å². The Bertz CT molecular complexity index is 423. The molecule has 0 N–H and O–H groups in total. The number of ether oxygens (including phenoxy) is 1. The molecule has 0 radical (unpaired) electrons. The standard InChI is InChI=1S/C14H18N2O2/c1-11(2)8-14(13(17)9-16-15)18-10-12-6-4-3-5-7-12/h3-7,9,11,14H,8,10H2,1-2H3/t14-/m0/s1. The summed E-state index contributed by atoms with van der Waals surface area (Å²) in [4.78, 5) is 14.4. The first kappa shape index (κ1) is 14.3.